The Kier molecular flexibility index (Phi) is 2.07. The number of nitrogens with zero attached hydrogens (tertiary/aromatic N) is 1. The second-order valence-corrected chi connectivity index (χ2v) is 4.14. The van der Waals surface area contributed by atoms with Gasteiger partial charge in [-0.15, -0.1) is 0 Å². The molecule has 2 rings (SSSR count). The number of thioether (sulfide) groups is 1. The monoisotopic (exact) mass is 180 g/mol. The van der Waals surface area contributed by atoms with Crippen molar-refractivity contribution in [2.24, 2.45) is 5.73 Å². The zero-order valence-corrected chi connectivity index (χ0v) is 7.90. The maximum absolute atomic E-state index is 5.76. The minimum absolute atomic E-state index is 0.105. The molecule has 2 nitrogen and oxygen atoms in total. The van der Waals surface area contributed by atoms with Gasteiger partial charge in [-0.25, -0.2) is 0 Å². The van der Waals surface area contributed by atoms with Gasteiger partial charge in [-0.1, -0.05) is 6.07 Å². The zero-order chi connectivity index (χ0) is 8.55. The molecule has 0 bridgehead atoms. The SMILES string of the molecule is CC(N)c1cnc2c(c1)CSC2. The van der Waals surface area contributed by atoms with Crippen LogP contribution in [0.5, 0.6) is 0 Å². The van der Waals surface area contributed by atoms with E-state index in [0.717, 1.165) is 17.1 Å². The summed E-state index contributed by atoms with van der Waals surface area (Å²) in [6.07, 6.45) is 1.90. The van der Waals surface area contributed by atoms with Crippen LogP contribution in [0.2, 0.25) is 0 Å². The summed E-state index contributed by atoms with van der Waals surface area (Å²) >= 11 is 1.92. The lowest BCUT2D eigenvalue weighted by Crippen LogP contribution is -2.06. The molecule has 2 N–H and O–H groups in total. The second-order valence-electron chi connectivity index (χ2n) is 3.16. The third-order valence-electron chi connectivity index (χ3n) is 2.10. The first-order chi connectivity index (χ1) is 5.77. The molecule has 12 heavy (non-hydrogen) atoms. The van der Waals surface area contributed by atoms with Crippen LogP contribution in [0.1, 0.15) is 29.8 Å². The molecule has 1 aromatic heterocycles. The third-order valence-corrected chi connectivity index (χ3v) is 3.10. The van der Waals surface area contributed by atoms with Crippen LogP contribution >= 0.6 is 11.8 Å². The predicted octanol–water partition coefficient (Wildman–Crippen LogP) is 1.85. The van der Waals surface area contributed by atoms with Crippen molar-refractivity contribution in [1.82, 2.24) is 4.98 Å². The lowest BCUT2D eigenvalue weighted by molar-refractivity contribution is 0.807. The number of hydrogen-bond donors (Lipinski definition) is 1. The lowest BCUT2D eigenvalue weighted by atomic mass is 10.1. The molecular weight excluding hydrogens is 168 g/mol. The van der Waals surface area contributed by atoms with Crippen LogP contribution in [0, 0.1) is 0 Å². The Morgan fingerprint density at radius 2 is 2.42 bits per heavy atom. The third kappa shape index (κ3) is 1.34. The van der Waals surface area contributed by atoms with Crippen molar-refractivity contribution in [3.05, 3.63) is 29.1 Å². The summed E-state index contributed by atoms with van der Waals surface area (Å²) < 4.78 is 0. The molecule has 1 unspecified atom stereocenters. The number of fused-ring (bicyclic) bond motifs is 1. The van der Waals surface area contributed by atoms with E-state index >= 15 is 0 Å². The Bertz CT molecular complexity index is 297. The van der Waals surface area contributed by atoms with E-state index in [1.54, 1.807) is 0 Å². The predicted molar refractivity (Wildman–Crippen MR) is 51.8 cm³/mol. The summed E-state index contributed by atoms with van der Waals surface area (Å²) in [6.45, 7) is 1.99. The average Bonchev–Trinajstić information content (AvgIpc) is 2.49. The summed E-state index contributed by atoms with van der Waals surface area (Å²) in [5.41, 5.74) is 9.52. The summed E-state index contributed by atoms with van der Waals surface area (Å²) in [5, 5.41) is 0. The van der Waals surface area contributed by atoms with Crippen LogP contribution in [0.15, 0.2) is 12.3 Å². The maximum atomic E-state index is 5.76. The van der Waals surface area contributed by atoms with Gasteiger partial charge in [-0.2, -0.15) is 11.8 Å². The number of hydrogen-bond acceptors (Lipinski definition) is 3. The van der Waals surface area contributed by atoms with Gasteiger partial charge in [0.05, 0.1) is 5.69 Å². The summed E-state index contributed by atoms with van der Waals surface area (Å²) in [4.78, 5) is 4.38. The van der Waals surface area contributed by atoms with E-state index in [9.17, 15) is 0 Å². The molecule has 0 spiro atoms. The van der Waals surface area contributed by atoms with Crippen molar-refractivity contribution in [2.75, 3.05) is 0 Å². The molecule has 1 aliphatic rings. The van der Waals surface area contributed by atoms with Crippen molar-refractivity contribution in [3.8, 4) is 0 Å². The van der Waals surface area contributed by atoms with Gasteiger partial charge in [0.15, 0.2) is 0 Å². The van der Waals surface area contributed by atoms with Gasteiger partial charge in [0.1, 0.15) is 0 Å². The Morgan fingerprint density at radius 3 is 3.17 bits per heavy atom. The summed E-state index contributed by atoms with van der Waals surface area (Å²) in [5.74, 6) is 2.16. The number of nitrogens with two attached hydrogens (primary N) is 1. The molecular formula is C9H12N2S. The highest BCUT2D eigenvalue weighted by Crippen LogP contribution is 2.29. The average molecular weight is 180 g/mol. The highest BCUT2D eigenvalue weighted by Gasteiger charge is 2.13. The largest absolute Gasteiger partial charge is 0.324 e. The van der Waals surface area contributed by atoms with Gasteiger partial charge in [0.25, 0.3) is 0 Å². The van der Waals surface area contributed by atoms with Crippen molar-refractivity contribution in [3.63, 3.8) is 0 Å². The molecule has 2 heterocycles. The molecule has 0 saturated carbocycles. The molecule has 1 aromatic rings. The van der Waals surface area contributed by atoms with Crippen LogP contribution < -0.4 is 5.73 Å². The van der Waals surface area contributed by atoms with Gasteiger partial charge in [-0.3, -0.25) is 4.98 Å². The fourth-order valence-corrected chi connectivity index (χ4v) is 2.34. The summed E-state index contributed by atoms with van der Waals surface area (Å²) in [6, 6.07) is 2.29. The highest BCUT2D eigenvalue weighted by atomic mass is 32.2. The van der Waals surface area contributed by atoms with Crippen LogP contribution in [-0.2, 0) is 11.5 Å². The quantitative estimate of drug-likeness (QED) is 0.716. The number of rotatable bonds is 1. The van der Waals surface area contributed by atoms with Crippen molar-refractivity contribution < 1.29 is 0 Å². The van der Waals surface area contributed by atoms with E-state index in [1.165, 1.54) is 11.3 Å². The molecule has 0 radical (unpaired) electrons. The van der Waals surface area contributed by atoms with Gasteiger partial charge >= 0.3 is 0 Å². The minimum Gasteiger partial charge on any atom is -0.324 e. The Morgan fingerprint density at radius 1 is 1.58 bits per heavy atom. The van der Waals surface area contributed by atoms with Crippen LogP contribution in [0.25, 0.3) is 0 Å². The van der Waals surface area contributed by atoms with E-state index in [2.05, 4.69) is 11.1 Å². The first kappa shape index (κ1) is 8.08. The van der Waals surface area contributed by atoms with Crippen molar-refractivity contribution in [1.29, 1.82) is 0 Å². The summed E-state index contributed by atoms with van der Waals surface area (Å²) in [7, 11) is 0. The molecule has 0 fully saturated rings. The van der Waals surface area contributed by atoms with E-state index in [0.29, 0.717) is 0 Å². The molecule has 64 valence electrons. The van der Waals surface area contributed by atoms with Crippen molar-refractivity contribution >= 4 is 11.8 Å². The van der Waals surface area contributed by atoms with E-state index in [-0.39, 0.29) is 6.04 Å². The van der Waals surface area contributed by atoms with Crippen molar-refractivity contribution in [2.45, 2.75) is 24.5 Å². The Labute approximate surface area is 76.6 Å². The topological polar surface area (TPSA) is 38.9 Å². The van der Waals surface area contributed by atoms with Crippen LogP contribution in [0.3, 0.4) is 0 Å². The molecule has 0 aromatic carbocycles. The Balaban J connectivity index is 2.39. The smallest absolute Gasteiger partial charge is 0.0543 e. The first-order valence-electron chi connectivity index (χ1n) is 4.08. The Hall–Kier alpha value is -0.540. The maximum Gasteiger partial charge on any atom is 0.0543 e. The zero-order valence-electron chi connectivity index (χ0n) is 7.08. The molecule has 0 aliphatic carbocycles. The molecule has 0 amide bonds. The molecule has 1 aliphatic heterocycles. The van der Waals surface area contributed by atoms with Gasteiger partial charge < -0.3 is 5.73 Å². The lowest BCUT2D eigenvalue weighted by Gasteiger charge is -2.06. The van der Waals surface area contributed by atoms with Gasteiger partial charge in [0, 0.05) is 23.7 Å². The normalized spacial score (nSPS) is 17.5. The van der Waals surface area contributed by atoms with E-state index in [4.69, 9.17) is 5.73 Å². The fourth-order valence-electron chi connectivity index (χ4n) is 1.32. The second kappa shape index (κ2) is 3.07. The van der Waals surface area contributed by atoms with Gasteiger partial charge in [-0.05, 0) is 18.1 Å². The van der Waals surface area contributed by atoms with Crippen LogP contribution in [-0.4, -0.2) is 4.98 Å². The standard InChI is InChI=1S/C9H12N2S/c1-6(10)7-2-8-4-12-5-9(8)11-3-7/h2-3,6H,4-5,10H2,1H3. The fraction of sp³-hybridized carbons (Fsp3) is 0.444. The molecule has 1 atom stereocenters. The van der Waals surface area contributed by atoms with E-state index < -0.39 is 0 Å². The molecule has 0 saturated heterocycles. The van der Waals surface area contributed by atoms with Crippen LogP contribution in [0.4, 0.5) is 0 Å². The first-order valence-corrected chi connectivity index (χ1v) is 5.24. The minimum atomic E-state index is 0.105. The highest BCUT2D eigenvalue weighted by molar-refractivity contribution is 7.98. The molecule has 3 heteroatoms. The number of pyridine rings is 1. The van der Waals surface area contributed by atoms with Gasteiger partial charge in [0.2, 0.25) is 0 Å². The van der Waals surface area contributed by atoms with E-state index in [1.807, 2.05) is 24.9 Å². The number of aromatic nitrogens is 1.